The monoisotopic (exact) mass is 305 g/mol. The molecule has 9 heteroatoms. The van der Waals surface area contributed by atoms with Crippen LogP contribution in [-0.4, -0.2) is 60.3 Å². The summed E-state index contributed by atoms with van der Waals surface area (Å²) >= 11 is 0. The minimum Gasteiger partial charge on any atom is -0.478 e. The molecule has 0 amide bonds. The molecule has 0 aliphatic rings. The number of carboxylic acids is 1. The first-order chi connectivity index (χ1) is 9.17. The predicted octanol–water partition coefficient (Wildman–Crippen LogP) is 0.462. The van der Waals surface area contributed by atoms with Crippen LogP contribution < -0.4 is 0 Å². The van der Waals surface area contributed by atoms with Crippen LogP contribution >= 0.6 is 0 Å². The van der Waals surface area contributed by atoms with Gasteiger partial charge in [0.1, 0.15) is 5.56 Å². The summed E-state index contributed by atoms with van der Waals surface area (Å²) < 4.78 is 30.8. The molecule has 1 aromatic heterocycles. The Bertz CT molecular complexity index is 579. The zero-order valence-corrected chi connectivity index (χ0v) is 12.7. The number of likely N-dealkylation sites (N-methyl/N-ethyl adjacent to an activating group) is 1. The third-order valence-electron chi connectivity index (χ3n) is 2.64. The number of nitrogens with one attached hydrogen (secondary N) is 1. The fourth-order valence-corrected chi connectivity index (χ4v) is 2.80. The van der Waals surface area contributed by atoms with E-state index in [9.17, 15) is 13.2 Å². The topological polar surface area (TPSA) is 113 Å². The summed E-state index contributed by atoms with van der Waals surface area (Å²) in [5.74, 6) is -1.33. The van der Waals surface area contributed by atoms with Crippen molar-refractivity contribution in [3.63, 3.8) is 0 Å². The van der Waals surface area contributed by atoms with Crippen molar-refractivity contribution < 1.29 is 23.1 Å². The number of aromatic carboxylic acids is 1. The molecular formula is C11H19N3O5S. The highest BCUT2D eigenvalue weighted by atomic mass is 32.2. The molecule has 1 aromatic rings. The Morgan fingerprint density at radius 2 is 2.10 bits per heavy atom. The smallest absolute Gasteiger partial charge is 0.340 e. The maximum absolute atomic E-state index is 12.3. The van der Waals surface area contributed by atoms with E-state index in [4.69, 9.17) is 9.84 Å². The first-order valence-corrected chi connectivity index (χ1v) is 7.48. The van der Waals surface area contributed by atoms with Gasteiger partial charge in [-0.05, 0) is 20.8 Å². The molecule has 8 nitrogen and oxygen atoms in total. The molecule has 0 spiro atoms. The summed E-state index contributed by atoms with van der Waals surface area (Å²) in [6, 6.07) is 0. The Morgan fingerprint density at radius 1 is 1.50 bits per heavy atom. The normalized spacial score (nSPS) is 12.3. The van der Waals surface area contributed by atoms with E-state index in [0.717, 1.165) is 4.31 Å². The average molecular weight is 305 g/mol. The number of aromatic nitrogens is 2. The van der Waals surface area contributed by atoms with Crippen molar-refractivity contribution in [3.8, 4) is 0 Å². The number of rotatable bonds is 7. The molecule has 1 rings (SSSR count). The minimum absolute atomic E-state index is 0.00619. The van der Waals surface area contributed by atoms with Crippen LogP contribution in [0.25, 0.3) is 0 Å². The number of sulfonamides is 1. The van der Waals surface area contributed by atoms with Crippen molar-refractivity contribution in [3.05, 3.63) is 11.3 Å². The molecule has 0 aliphatic carbocycles. The molecule has 0 radical (unpaired) electrons. The van der Waals surface area contributed by atoms with Gasteiger partial charge in [0.05, 0.1) is 12.7 Å². The molecule has 0 unspecified atom stereocenters. The number of H-pyrrole nitrogens is 1. The summed E-state index contributed by atoms with van der Waals surface area (Å²) in [6.07, 6.45) is -0.00619. The molecular weight excluding hydrogens is 286 g/mol. The molecule has 0 atom stereocenters. The molecule has 1 heterocycles. The number of carbonyl (C=O) groups is 1. The summed E-state index contributed by atoms with van der Waals surface area (Å²) in [4.78, 5) is 11.1. The standard InChI is InChI=1S/C11H19N3O5S/c1-7(2)19-6-5-14(4)20(17,18)10-9(11(15)16)8(3)12-13-10/h7H,5-6H2,1-4H3,(H,12,13)(H,15,16). The number of ether oxygens (including phenoxy) is 1. The Kier molecular flexibility index (Phi) is 5.26. The SMILES string of the molecule is Cc1[nH]nc(S(=O)(=O)N(C)CCOC(C)C)c1C(=O)O. The zero-order chi connectivity index (χ0) is 15.5. The zero-order valence-electron chi connectivity index (χ0n) is 11.9. The van der Waals surface area contributed by atoms with Crippen LogP contribution in [0.15, 0.2) is 5.03 Å². The van der Waals surface area contributed by atoms with Gasteiger partial charge in [-0.3, -0.25) is 5.10 Å². The highest BCUT2D eigenvalue weighted by Gasteiger charge is 2.31. The van der Waals surface area contributed by atoms with Crippen molar-refractivity contribution in [1.82, 2.24) is 14.5 Å². The van der Waals surface area contributed by atoms with Crippen molar-refractivity contribution in [2.75, 3.05) is 20.2 Å². The summed E-state index contributed by atoms with van der Waals surface area (Å²) in [7, 11) is -2.61. The highest BCUT2D eigenvalue weighted by molar-refractivity contribution is 7.89. The van der Waals surface area contributed by atoms with Crippen molar-refractivity contribution in [1.29, 1.82) is 0 Å². The molecule has 114 valence electrons. The van der Waals surface area contributed by atoms with Crippen LogP contribution in [0.4, 0.5) is 0 Å². The molecule has 20 heavy (non-hydrogen) atoms. The third-order valence-corrected chi connectivity index (χ3v) is 4.43. The Balaban J connectivity index is 2.96. The van der Waals surface area contributed by atoms with E-state index in [1.807, 2.05) is 13.8 Å². The first kappa shape index (κ1) is 16.6. The Morgan fingerprint density at radius 3 is 2.60 bits per heavy atom. The van der Waals surface area contributed by atoms with E-state index in [-0.39, 0.29) is 30.5 Å². The quantitative estimate of drug-likeness (QED) is 0.757. The Hall–Kier alpha value is -1.45. The molecule has 0 bridgehead atoms. The van der Waals surface area contributed by atoms with Crippen LogP contribution in [0, 0.1) is 6.92 Å². The van der Waals surface area contributed by atoms with Gasteiger partial charge in [-0.15, -0.1) is 0 Å². The Labute approximate surface area is 117 Å². The lowest BCUT2D eigenvalue weighted by atomic mass is 10.3. The van der Waals surface area contributed by atoms with Crippen molar-refractivity contribution in [2.24, 2.45) is 0 Å². The summed E-state index contributed by atoms with van der Waals surface area (Å²) in [5.41, 5.74) is -0.135. The van der Waals surface area contributed by atoms with E-state index >= 15 is 0 Å². The minimum atomic E-state index is -3.96. The molecule has 0 fully saturated rings. The number of hydrogen-bond acceptors (Lipinski definition) is 5. The second-order valence-electron chi connectivity index (χ2n) is 4.58. The van der Waals surface area contributed by atoms with Crippen LogP contribution in [0.5, 0.6) is 0 Å². The summed E-state index contributed by atoms with van der Waals surface area (Å²) in [5, 5.41) is 14.6. The van der Waals surface area contributed by atoms with E-state index in [2.05, 4.69) is 10.2 Å². The van der Waals surface area contributed by atoms with E-state index < -0.39 is 21.0 Å². The van der Waals surface area contributed by atoms with Crippen molar-refractivity contribution >= 4 is 16.0 Å². The third kappa shape index (κ3) is 3.56. The lowest BCUT2D eigenvalue weighted by molar-refractivity contribution is 0.0691. The summed E-state index contributed by atoms with van der Waals surface area (Å²) in [6.45, 7) is 5.48. The fraction of sp³-hybridized carbons (Fsp3) is 0.636. The molecule has 0 aromatic carbocycles. The van der Waals surface area contributed by atoms with Gasteiger partial charge in [-0.25, -0.2) is 13.2 Å². The maximum Gasteiger partial charge on any atom is 0.340 e. The molecule has 0 aliphatic heterocycles. The number of hydrogen-bond donors (Lipinski definition) is 2. The first-order valence-electron chi connectivity index (χ1n) is 6.04. The van der Waals surface area contributed by atoms with Crippen LogP contribution in [0.1, 0.15) is 29.9 Å². The van der Waals surface area contributed by atoms with Crippen molar-refractivity contribution in [2.45, 2.75) is 31.9 Å². The second kappa shape index (κ2) is 6.33. The number of aryl methyl sites for hydroxylation is 1. The lowest BCUT2D eigenvalue weighted by Crippen LogP contribution is -2.32. The van der Waals surface area contributed by atoms with Crippen LogP contribution in [0.3, 0.4) is 0 Å². The van der Waals surface area contributed by atoms with Gasteiger partial charge >= 0.3 is 5.97 Å². The second-order valence-corrected chi connectivity index (χ2v) is 6.54. The van der Waals surface area contributed by atoms with Crippen LogP contribution in [0.2, 0.25) is 0 Å². The van der Waals surface area contributed by atoms with Crippen LogP contribution in [-0.2, 0) is 14.8 Å². The highest BCUT2D eigenvalue weighted by Crippen LogP contribution is 2.19. The number of aromatic amines is 1. The average Bonchev–Trinajstić information content (AvgIpc) is 2.71. The van der Waals surface area contributed by atoms with Gasteiger partial charge in [0.2, 0.25) is 5.03 Å². The predicted molar refractivity (Wildman–Crippen MR) is 71.2 cm³/mol. The van der Waals surface area contributed by atoms with Gasteiger partial charge in [0.15, 0.2) is 0 Å². The molecule has 2 N–H and O–H groups in total. The van der Waals surface area contributed by atoms with Gasteiger partial charge in [0, 0.05) is 19.3 Å². The van der Waals surface area contributed by atoms with E-state index in [1.165, 1.54) is 14.0 Å². The van der Waals surface area contributed by atoms with E-state index in [0.29, 0.717) is 0 Å². The molecule has 0 saturated heterocycles. The fourth-order valence-electron chi connectivity index (χ4n) is 1.53. The lowest BCUT2D eigenvalue weighted by Gasteiger charge is -2.17. The van der Waals surface area contributed by atoms with Gasteiger partial charge in [0.25, 0.3) is 10.0 Å². The van der Waals surface area contributed by atoms with Gasteiger partial charge in [-0.1, -0.05) is 0 Å². The van der Waals surface area contributed by atoms with E-state index in [1.54, 1.807) is 0 Å². The molecule has 0 saturated carbocycles. The largest absolute Gasteiger partial charge is 0.478 e. The number of nitrogens with zero attached hydrogens (tertiary/aromatic N) is 2. The van der Waals surface area contributed by atoms with Gasteiger partial charge < -0.3 is 9.84 Å². The number of carboxylic acid groups (broad SMARTS) is 1. The van der Waals surface area contributed by atoms with Gasteiger partial charge in [-0.2, -0.15) is 9.40 Å². The maximum atomic E-state index is 12.3.